The molecule has 170 valence electrons. The number of thiocarbonyl (C=S) groups is 1. The molecule has 0 radical (unpaired) electrons. The zero-order valence-corrected chi connectivity index (χ0v) is 20.4. The van der Waals surface area contributed by atoms with Gasteiger partial charge in [0.25, 0.3) is 11.5 Å². The maximum absolute atomic E-state index is 13.3. The molecule has 1 aliphatic carbocycles. The summed E-state index contributed by atoms with van der Waals surface area (Å²) in [5, 5.41) is 13.1. The summed E-state index contributed by atoms with van der Waals surface area (Å²) >= 11 is 6.85. The van der Waals surface area contributed by atoms with Crippen LogP contribution in [0.3, 0.4) is 0 Å². The van der Waals surface area contributed by atoms with Crippen molar-refractivity contribution in [2.24, 2.45) is 0 Å². The number of nitrogens with one attached hydrogen (secondary N) is 1. The highest BCUT2D eigenvalue weighted by Gasteiger charge is 2.38. The van der Waals surface area contributed by atoms with Gasteiger partial charge in [-0.05, 0) is 43.9 Å². The number of carbonyl (C=O) groups is 1. The zero-order valence-electron chi connectivity index (χ0n) is 18.8. The van der Waals surface area contributed by atoms with Crippen molar-refractivity contribution in [2.45, 2.75) is 58.7 Å². The highest BCUT2D eigenvalue weighted by Crippen LogP contribution is 2.39. The molecule has 1 saturated carbocycles. The molecule has 1 aliphatic heterocycles. The van der Waals surface area contributed by atoms with Crippen LogP contribution >= 0.6 is 24.0 Å². The van der Waals surface area contributed by atoms with Crippen molar-refractivity contribution in [1.29, 1.82) is 5.26 Å². The lowest BCUT2D eigenvalue weighted by molar-refractivity contribution is -0.123. The van der Waals surface area contributed by atoms with E-state index in [9.17, 15) is 14.9 Å². The third kappa shape index (κ3) is 4.48. The van der Waals surface area contributed by atoms with Gasteiger partial charge in [-0.1, -0.05) is 67.2 Å². The first-order valence-electron chi connectivity index (χ1n) is 11.2. The van der Waals surface area contributed by atoms with E-state index in [1.54, 1.807) is 22.5 Å². The Morgan fingerprint density at radius 3 is 2.58 bits per heavy atom. The molecule has 0 spiro atoms. The molecule has 2 heterocycles. The number of pyridine rings is 1. The van der Waals surface area contributed by atoms with E-state index in [1.165, 1.54) is 11.8 Å². The molecule has 1 saturated heterocycles. The van der Waals surface area contributed by atoms with Gasteiger partial charge in [0.05, 0.1) is 4.91 Å². The van der Waals surface area contributed by atoms with Crippen LogP contribution in [0.15, 0.2) is 40.0 Å². The Bertz CT molecular complexity index is 1220. The van der Waals surface area contributed by atoms with Crippen molar-refractivity contribution in [1.82, 2.24) is 9.47 Å². The summed E-state index contributed by atoms with van der Waals surface area (Å²) in [6.07, 6.45) is 5.97. The number of nitriles is 1. The predicted molar refractivity (Wildman–Crippen MR) is 137 cm³/mol. The van der Waals surface area contributed by atoms with Gasteiger partial charge in [0.15, 0.2) is 0 Å². The normalized spacial score (nSPS) is 17.7. The molecule has 8 heteroatoms. The number of carbonyl (C=O) groups excluding carboxylic acids is 1. The Balaban J connectivity index is 1.79. The van der Waals surface area contributed by atoms with Gasteiger partial charge in [-0.3, -0.25) is 19.1 Å². The number of anilines is 1. The summed E-state index contributed by atoms with van der Waals surface area (Å²) in [4.78, 5) is 28.6. The summed E-state index contributed by atoms with van der Waals surface area (Å²) in [7, 11) is 0. The molecular formula is C25H26N4O2S2. The van der Waals surface area contributed by atoms with Crippen LogP contribution in [0, 0.1) is 18.3 Å². The highest BCUT2D eigenvalue weighted by atomic mass is 32.2. The quantitative estimate of drug-likeness (QED) is 0.474. The smallest absolute Gasteiger partial charge is 0.270 e. The zero-order chi connectivity index (χ0) is 23.5. The van der Waals surface area contributed by atoms with Gasteiger partial charge < -0.3 is 5.32 Å². The Labute approximate surface area is 203 Å². The number of hydrogen-bond donors (Lipinski definition) is 1. The fourth-order valence-corrected chi connectivity index (χ4v) is 5.91. The summed E-state index contributed by atoms with van der Waals surface area (Å²) in [5.41, 5.74) is 2.07. The Morgan fingerprint density at radius 1 is 1.24 bits per heavy atom. The fraction of sp³-hybridized carbons (Fsp3) is 0.360. The molecule has 1 amide bonds. The van der Waals surface area contributed by atoms with Gasteiger partial charge in [-0.2, -0.15) is 5.26 Å². The average molecular weight is 479 g/mol. The van der Waals surface area contributed by atoms with E-state index in [4.69, 9.17) is 12.2 Å². The maximum Gasteiger partial charge on any atom is 0.270 e. The van der Waals surface area contributed by atoms with Crippen LogP contribution in [0.25, 0.3) is 6.08 Å². The number of amides is 1. The molecule has 1 aromatic carbocycles. The second-order valence-electron chi connectivity index (χ2n) is 8.25. The molecule has 0 bridgehead atoms. The average Bonchev–Trinajstić information content (AvgIpc) is 3.43. The van der Waals surface area contributed by atoms with Gasteiger partial charge in [0, 0.05) is 24.7 Å². The lowest BCUT2D eigenvalue weighted by atomic mass is 10.0. The van der Waals surface area contributed by atoms with Gasteiger partial charge in [0.2, 0.25) is 0 Å². The van der Waals surface area contributed by atoms with E-state index in [-0.39, 0.29) is 23.1 Å². The van der Waals surface area contributed by atoms with E-state index in [0.29, 0.717) is 39.3 Å². The molecule has 4 rings (SSSR count). The van der Waals surface area contributed by atoms with E-state index in [1.807, 2.05) is 37.3 Å². The van der Waals surface area contributed by atoms with Crippen molar-refractivity contribution in [3.63, 3.8) is 0 Å². The van der Waals surface area contributed by atoms with Crippen LogP contribution in [0.1, 0.15) is 54.9 Å². The first-order valence-corrected chi connectivity index (χ1v) is 12.4. The first-order chi connectivity index (χ1) is 16.0. The van der Waals surface area contributed by atoms with E-state index in [2.05, 4.69) is 11.4 Å². The number of hydrogen-bond acceptors (Lipinski definition) is 6. The maximum atomic E-state index is 13.3. The monoisotopic (exact) mass is 478 g/mol. The third-order valence-corrected chi connectivity index (χ3v) is 7.61. The number of nitrogens with zero attached hydrogens (tertiary/aromatic N) is 3. The summed E-state index contributed by atoms with van der Waals surface area (Å²) in [6, 6.07) is 12.1. The van der Waals surface area contributed by atoms with E-state index < -0.39 is 0 Å². The number of rotatable bonds is 6. The van der Waals surface area contributed by atoms with Gasteiger partial charge in [0.1, 0.15) is 21.8 Å². The molecule has 33 heavy (non-hydrogen) atoms. The number of aromatic nitrogens is 1. The van der Waals surface area contributed by atoms with E-state index >= 15 is 0 Å². The predicted octanol–water partition coefficient (Wildman–Crippen LogP) is 4.80. The van der Waals surface area contributed by atoms with E-state index in [0.717, 1.165) is 31.2 Å². The molecule has 2 fully saturated rings. The van der Waals surface area contributed by atoms with Crippen LogP contribution in [0.4, 0.5) is 5.82 Å². The lowest BCUT2D eigenvalue weighted by Crippen LogP contribution is -2.36. The minimum absolute atomic E-state index is 0.0851. The molecule has 2 aromatic rings. The van der Waals surface area contributed by atoms with Gasteiger partial charge in [-0.25, -0.2) is 0 Å². The molecule has 1 N–H and O–H groups in total. The SMILES string of the molecule is CCn1c(NCc2ccccc2)c(/C=C2/SC(=S)N(C3CCCC3)C2=O)c(C)c(C#N)c1=O. The summed E-state index contributed by atoms with van der Waals surface area (Å²) in [5.74, 6) is 0.520. The molecular weight excluding hydrogens is 452 g/mol. The van der Waals surface area contributed by atoms with Crippen LogP contribution in [-0.4, -0.2) is 25.7 Å². The first kappa shape index (κ1) is 23.3. The third-order valence-electron chi connectivity index (χ3n) is 6.28. The number of benzene rings is 1. The Kier molecular flexibility index (Phi) is 7.01. The largest absolute Gasteiger partial charge is 0.367 e. The summed E-state index contributed by atoms with van der Waals surface area (Å²) in [6.45, 7) is 4.54. The lowest BCUT2D eigenvalue weighted by Gasteiger charge is -2.22. The molecule has 1 aromatic heterocycles. The molecule has 2 aliphatic rings. The van der Waals surface area contributed by atoms with Crippen LogP contribution in [0.2, 0.25) is 0 Å². The second-order valence-corrected chi connectivity index (χ2v) is 9.93. The van der Waals surface area contributed by atoms with Crippen molar-refractivity contribution < 1.29 is 4.79 Å². The molecule has 6 nitrogen and oxygen atoms in total. The molecule has 0 unspecified atom stereocenters. The number of thioether (sulfide) groups is 1. The van der Waals surface area contributed by atoms with Gasteiger partial charge >= 0.3 is 0 Å². The van der Waals surface area contributed by atoms with Gasteiger partial charge in [-0.15, -0.1) is 0 Å². The highest BCUT2D eigenvalue weighted by molar-refractivity contribution is 8.26. The van der Waals surface area contributed by atoms with Crippen LogP contribution in [0.5, 0.6) is 0 Å². The van der Waals surface area contributed by atoms with Crippen molar-refractivity contribution in [3.8, 4) is 6.07 Å². The Morgan fingerprint density at radius 2 is 1.94 bits per heavy atom. The van der Waals surface area contributed by atoms with Crippen LogP contribution < -0.4 is 10.9 Å². The van der Waals surface area contributed by atoms with Crippen molar-refractivity contribution in [3.05, 3.63) is 67.8 Å². The standard InChI is InChI=1S/C25H26N4O2S2/c1-3-28-22(27-15-17-9-5-4-6-10-17)19(16(2)20(14-26)23(28)30)13-21-24(31)29(25(32)33-21)18-11-7-8-12-18/h4-6,9-10,13,18,27H,3,7-8,11-12,15H2,1-2H3/b21-13+. The van der Waals surface area contributed by atoms with Crippen LogP contribution in [-0.2, 0) is 17.9 Å². The molecule has 0 atom stereocenters. The van der Waals surface area contributed by atoms with Crippen molar-refractivity contribution >= 4 is 46.1 Å². The topological polar surface area (TPSA) is 78.1 Å². The summed E-state index contributed by atoms with van der Waals surface area (Å²) < 4.78 is 2.15. The minimum Gasteiger partial charge on any atom is -0.367 e. The Hall–Kier alpha value is -2.89. The van der Waals surface area contributed by atoms with Crippen molar-refractivity contribution in [2.75, 3.05) is 5.32 Å². The minimum atomic E-state index is -0.330. The fourth-order valence-electron chi connectivity index (χ4n) is 4.53. The second kappa shape index (κ2) is 9.94.